The van der Waals surface area contributed by atoms with E-state index in [0.717, 1.165) is 5.56 Å². The highest BCUT2D eigenvalue weighted by molar-refractivity contribution is 5.06. The van der Waals surface area contributed by atoms with Crippen LogP contribution in [0.4, 0.5) is 0 Å². The van der Waals surface area contributed by atoms with E-state index in [9.17, 15) is 0 Å². The van der Waals surface area contributed by atoms with Crippen molar-refractivity contribution in [2.24, 2.45) is 5.73 Å². The number of aromatic amines is 1. The molecule has 0 fully saturated rings. The lowest BCUT2D eigenvalue weighted by Gasteiger charge is -1.95. The molecule has 3 N–H and O–H groups in total. The Bertz CT molecular complexity index is 143. The Balaban J connectivity index is 2.77. The van der Waals surface area contributed by atoms with Gasteiger partial charge < -0.3 is 5.73 Å². The van der Waals surface area contributed by atoms with Gasteiger partial charge in [0.1, 0.15) is 0 Å². The van der Waals surface area contributed by atoms with Crippen molar-refractivity contribution < 1.29 is 0 Å². The molecule has 1 aromatic rings. The second kappa shape index (κ2) is 1.96. The van der Waals surface area contributed by atoms with Crippen molar-refractivity contribution in [3.63, 3.8) is 0 Å². The number of nitrogens with zero attached hydrogens (tertiary/aromatic N) is 1. The van der Waals surface area contributed by atoms with Gasteiger partial charge in [-0.1, -0.05) is 0 Å². The van der Waals surface area contributed by atoms with Gasteiger partial charge in [-0.2, -0.15) is 5.10 Å². The Kier molecular flexibility index (Phi) is 1.30. The van der Waals surface area contributed by atoms with Crippen LogP contribution in [-0.4, -0.2) is 10.2 Å². The minimum absolute atomic E-state index is 0.0914. The number of aromatic nitrogens is 2. The second-order valence-corrected chi connectivity index (χ2v) is 1.82. The van der Waals surface area contributed by atoms with Crippen LogP contribution in [0.2, 0.25) is 0 Å². The molecule has 0 aliphatic heterocycles. The highest BCUT2D eigenvalue weighted by Gasteiger charge is 1.96. The third-order valence-electron chi connectivity index (χ3n) is 1.05. The molecule has 3 nitrogen and oxygen atoms in total. The van der Waals surface area contributed by atoms with Gasteiger partial charge in [0.2, 0.25) is 0 Å². The van der Waals surface area contributed by atoms with Gasteiger partial charge in [-0.25, -0.2) is 0 Å². The maximum absolute atomic E-state index is 5.50. The summed E-state index contributed by atoms with van der Waals surface area (Å²) in [5.74, 6) is 0. The summed E-state index contributed by atoms with van der Waals surface area (Å²) in [4.78, 5) is 0. The zero-order valence-electron chi connectivity index (χ0n) is 4.76. The molecule has 1 atom stereocenters. The number of H-pyrrole nitrogens is 1. The average Bonchev–Trinajstić information content (AvgIpc) is 2.12. The van der Waals surface area contributed by atoms with Gasteiger partial charge in [0.05, 0.1) is 6.20 Å². The number of nitrogens with two attached hydrogens (primary N) is 1. The molecule has 44 valence electrons. The summed E-state index contributed by atoms with van der Waals surface area (Å²) >= 11 is 0. The topological polar surface area (TPSA) is 54.7 Å². The molecule has 0 saturated carbocycles. The molecule has 0 aromatic carbocycles. The van der Waals surface area contributed by atoms with E-state index in [4.69, 9.17) is 5.73 Å². The second-order valence-electron chi connectivity index (χ2n) is 1.82. The predicted octanol–water partition coefficient (Wildman–Crippen LogP) is 0.429. The number of hydrogen-bond acceptors (Lipinski definition) is 2. The Hall–Kier alpha value is -0.830. The standard InChI is InChI=1S/C5H9N3/c1-4(6)5-2-7-8-3-5/h2-4H,6H2,1H3,(H,7,8). The van der Waals surface area contributed by atoms with Crippen LogP contribution in [0.1, 0.15) is 18.5 Å². The van der Waals surface area contributed by atoms with Crippen molar-refractivity contribution in [1.82, 2.24) is 10.2 Å². The molecule has 1 rings (SSSR count). The fraction of sp³-hybridized carbons (Fsp3) is 0.400. The van der Waals surface area contributed by atoms with E-state index in [0.29, 0.717) is 0 Å². The first-order valence-corrected chi connectivity index (χ1v) is 2.55. The summed E-state index contributed by atoms with van der Waals surface area (Å²) in [5.41, 5.74) is 6.54. The first-order chi connectivity index (χ1) is 3.80. The first-order valence-electron chi connectivity index (χ1n) is 2.55. The Morgan fingerprint density at radius 3 is 2.88 bits per heavy atom. The van der Waals surface area contributed by atoms with Crippen molar-refractivity contribution in [2.75, 3.05) is 0 Å². The van der Waals surface area contributed by atoms with E-state index in [1.807, 2.05) is 6.92 Å². The van der Waals surface area contributed by atoms with Crippen LogP contribution in [0.25, 0.3) is 0 Å². The molecule has 0 spiro atoms. The number of nitrogens with one attached hydrogen (secondary N) is 1. The van der Waals surface area contributed by atoms with Crippen molar-refractivity contribution in [3.8, 4) is 0 Å². The van der Waals surface area contributed by atoms with Gasteiger partial charge in [-0.3, -0.25) is 5.10 Å². The number of hydrogen-bond donors (Lipinski definition) is 2. The van der Waals surface area contributed by atoms with Crippen molar-refractivity contribution in [2.45, 2.75) is 13.0 Å². The summed E-state index contributed by atoms with van der Waals surface area (Å²) in [6.45, 7) is 1.92. The van der Waals surface area contributed by atoms with Gasteiger partial charge >= 0.3 is 0 Å². The third-order valence-corrected chi connectivity index (χ3v) is 1.05. The van der Waals surface area contributed by atoms with E-state index >= 15 is 0 Å². The molecule has 1 unspecified atom stereocenters. The molecule has 3 heteroatoms. The van der Waals surface area contributed by atoms with E-state index in [1.165, 1.54) is 0 Å². The van der Waals surface area contributed by atoms with Gasteiger partial charge in [0.15, 0.2) is 0 Å². The summed E-state index contributed by atoms with van der Waals surface area (Å²) in [6, 6.07) is 0.0914. The third kappa shape index (κ3) is 0.869. The molecule has 0 amide bonds. The van der Waals surface area contributed by atoms with Crippen molar-refractivity contribution in [1.29, 1.82) is 0 Å². The van der Waals surface area contributed by atoms with Crippen LogP contribution in [0.3, 0.4) is 0 Å². The lowest BCUT2D eigenvalue weighted by Crippen LogP contribution is -2.02. The molecule has 8 heavy (non-hydrogen) atoms. The maximum Gasteiger partial charge on any atom is 0.0534 e. The minimum atomic E-state index is 0.0914. The monoisotopic (exact) mass is 111 g/mol. The average molecular weight is 111 g/mol. The quantitative estimate of drug-likeness (QED) is 0.552. The smallest absolute Gasteiger partial charge is 0.0534 e. The van der Waals surface area contributed by atoms with Crippen LogP contribution in [0, 0.1) is 0 Å². The lowest BCUT2D eigenvalue weighted by molar-refractivity contribution is 0.819. The van der Waals surface area contributed by atoms with Gasteiger partial charge in [-0.05, 0) is 6.92 Å². The lowest BCUT2D eigenvalue weighted by atomic mass is 10.2. The summed E-state index contributed by atoms with van der Waals surface area (Å²) in [7, 11) is 0. The molecule has 0 radical (unpaired) electrons. The summed E-state index contributed by atoms with van der Waals surface area (Å²) < 4.78 is 0. The molecule has 1 aromatic heterocycles. The van der Waals surface area contributed by atoms with E-state index in [1.54, 1.807) is 12.4 Å². The largest absolute Gasteiger partial charge is 0.324 e. The van der Waals surface area contributed by atoms with Gasteiger partial charge in [0.25, 0.3) is 0 Å². The highest BCUT2D eigenvalue weighted by Crippen LogP contribution is 2.03. The fourth-order valence-corrected chi connectivity index (χ4v) is 0.510. The molecule has 0 bridgehead atoms. The van der Waals surface area contributed by atoms with Crippen LogP contribution in [0.5, 0.6) is 0 Å². The summed E-state index contributed by atoms with van der Waals surface area (Å²) in [6.07, 6.45) is 3.52. The van der Waals surface area contributed by atoms with Crippen LogP contribution < -0.4 is 5.73 Å². The normalized spacial score (nSPS) is 13.8. The van der Waals surface area contributed by atoms with Gasteiger partial charge in [-0.15, -0.1) is 0 Å². The van der Waals surface area contributed by atoms with E-state index in [2.05, 4.69) is 10.2 Å². The van der Waals surface area contributed by atoms with Crippen LogP contribution in [-0.2, 0) is 0 Å². The zero-order valence-corrected chi connectivity index (χ0v) is 4.76. The Morgan fingerprint density at radius 1 is 1.88 bits per heavy atom. The maximum atomic E-state index is 5.50. The predicted molar refractivity (Wildman–Crippen MR) is 31.2 cm³/mol. The minimum Gasteiger partial charge on any atom is -0.324 e. The first kappa shape index (κ1) is 5.31. The van der Waals surface area contributed by atoms with E-state index < -0.39 is 0 Å². The van der Waals surface area contributed by atoms with Crippen LogP contribution >= 0.6 is 0 Å². The fourth-order valence-electron chi connectivity index (χ4n) is 0.510. The SMILES string of the molecule is CC(N)c1cn[nH]c1. The highest BCUT2D eigenvalue weighted by atomic mass is 15.1. The molecule has 1 heterocycles. The van der Waals surface area contributed by atoms with E-state index in [-0.39, 0.29) is 6.04 Å². The molecular formula is C5H9N3. The Morgan fingerprint density at radius 2 is 2.62 bits per heavy atom. The van der Waals surface area contributed by atoms with Crippen molar-refractivity contribution in [3.05, 3.63) is 18.0 Å². The molecular weight excluding hydrogens is 102 g/mol. The zero-order chi connectivity index (χ0) is 5.98. The van der Waals surface area contributed by atoms with Gasteiger partial charge in [0, 0.05) is 17.8 Å². The molecule has 0 aliphatic carbocycles. The van der Waals surface area contributed by atoms with Crippen molar-refractivity contribution >= 4 is 0 Å². The number of rotatable bonds is 1. The Labute approximate surface area is 47.9 Å². The van der Waals surface area contributed by atoms with Crippen LogP contribution in [0.15, 0.2) is 12.4 Å². The molecule has 0 aliphatic rings. The summed E-state index contributed by atoms with van der Waals surface area (Å²) in [5, 5.41) is 6.42. The molecule has 0 saturated heterocycles.